The summed E-state index contributed by atoms with van der Waals surface area (Å²) in [7, 11) is 2.42. The maximum absolute atomic E-state index is 13.4. The number of aromatic nitrogens is 4. The molecule has 0 bridgehead atoms. The van der Waals surface area contributed by atoms with Crippen molar-refractivity contribution in [2.45, 2.75) is 88.6 Å². The van der Waals surface area contributed by atoms with Crippen molar-refractivity contribution < 1.29 is 38.2 Å². The van der Waals surface area contributed by atoms with Gasteiger partial charge in [0.15, 0.2) is 0 Å². The molecule has 60 heavy (non-hydrogen) atoms. The molecule has 2 aliphatic carbocycles. The summed E-state index contributed by atoms with van der Waals surface area (Å²) in [5.41, 5.74) is 4.96. The van der Waals surface area contributed by atoms with Gasteiger partial charge >= 0.3 is 12.2 Å². The number of piperidine rings is 2. The molecule has 4 aliphatic rings. The largest absolute Gasteiger partial charge is 0.453 e. The number of rotatable bonds is 12. The number of carbonyl (C=O) groups excluding carboxylic acids is 6. The Bertz CT molecular complexity index is 2230. The lowest BCUT2D eigenvalue weighted by molar-refractivity contribution is -0.147. The maximum atomic E-state index is 13.4. The lowest BCUT2D eigenvalue weighted by Gasteiger charge is -2.27. The summed E-state index contributed by atoms with van der Waals surface area (Å²) in [5.74, 6) is 5.72. The molecule has 2 saturated carbocycles. The number of nitrogens with one attached hydrogen (secondary N) is 4. The van der Waals surface area contributed by atoms with Gasteiger partial charge in [0.05, 0.1) is 50.1 Å². The van der Waals surface area contributed by atoms with Crippen LogP contribution in [0.25, 0.3) is 22.5 Å². The van der Waals surface area contributed by atoms with Gasteiger partial charge in [-0.25, -0.2) is 19.6 Å². The molecule has 8 atom stereocenters. The van der Waals surface area contributed by atoms with E-state index < -0.39 is 47.7 Å². The van der Waals surface area contributed by atoms with Crippen LogP contribution in [0.2, 0.25) is 0 Å². The first-order valence-corrected chi connectivity index (χ1v) is 20.3. The molecule has 0 unspecified atom stereocenters. The average Bonchev–Trinajstić information content (AvgIpc) is 3.86. The fraction of sp³-hybridized carbons (Fsp3) is 0.409. The van der Waals surface area contributed by atoms with Gasteiger partial charge in [0.1, 0.15) is 23.7 Å². The zero-order chi connectivity index (χ0) is 42.2. The van der Waals surface area contributed by atoms with Crippen molar-refractivity contribution in [3.63, 3.8) is 0 Å². The van der Waals surface area contributed by atoms with Crippen molar-refractivity contribution in [3.8, 4) is 34.4 Å². The summed E-state index contributed by atoms with van der Waals surface area (Å²) in [5, 5.41) is 4.93. The van der Waals surface area contributed by atoms with E-state index in [0.717, 1.165) is 46.5 Å². The number of aromatic amines is 2. The zero-order valence-electron chi connectivity index (χ0n) is 33.7. The molecule has 16 heteroatoms. The van der Waals surface area contributed by atoms with E-state index in [0.29, 0.717) is 36.3 Å². The molecule has 310 valence electrons. The molecule has 0 spiro atoms. The number of nitrogens with zero attached hydrogens (tertiary/aromatic N) is 4. The van der Waals surface area contributed by atoms with Crippen molar-refractivity contribution in [2.75, 3.05) is 14.2 Å². The fourth-order valence-electron chi connectivity index (χ4n) is 8.56. The number of H-pyrrole nitrogens is 2. The van der Waals surface area contributed by atoms with Crippen molar-refractivity contribution >= 4 is 35.6 Å². The first-order chi connectivity index (χ1) is 29.0. The molecule has 8 rings (SSSR count). The highest BCUT2D eigenvalue weighted by molar-refractivity contribution is 6.39. The summed E-state index contributed by atoms with van der Waals surface area (Å²) in [6, 6.07) is 12.8. The first kappa shape index (κ1) is 40.0. The van der Waals surface area contributed by atoms with Crippen LogP contribution >= 0.6 is 0 Å². The van der Waals surface area contributed by atoms with Gasteiger partial charge in [-0.05, 0) is 85.8 Å². The maximum Gasteiger partial charge on any atom is 0.407 e. The van der Waals surface area contributed by atoms with Crippen LogP contribution < -0.4 is 10.6 Å². The van der Waals surface area contributed by atoms with Crippen LogP contribution in [-0.2, 0) is 28.7 Å². The van der Waals surface area contributed by atoms with Crippen LogP contribution in [0.3, 0.4) is 0 Å². The third kappa shape index (κ3) is 7.86. The number of benzene rings is 2. The van der Waals surface area contributed by atoms with Crippen molar-refractivity contribution in [2.24, 2.45) is 11.8 Å². The van der Waals surface area contributed by atoms with Gasteiger partial charge in [-0.1, -0.05) is 50.0 Å². The number of carbonyl (C=O) groups is 6. The van der Waals surface area contributed by atoms with Crippen LogP contribution in [-0.4, -0.2) is 104 Å². The van der Waals surface area contributed by atoms with E-state index in [9.17, 15) is 28.8 Å². The molecule has 4 fully saturated rings. The Kier molecular flexibility index (Phi) is 11.0. The lowest BCUT2D eigenvalue weighted by Crippen LogP contribution is -2.49. The molecule has 2 aliphatic heterocycles. The topological polar surface area (TPSA) is 209 Å². The van der Waals surface area contributed by atoms with Gasteiger partial charge in [0.25, 0.3) is 11.8 Å². The standard InChI is InChI=1S/C44H46N8O8/c1-5-29(49-43(57)59-3)37(53)41(55)51-33-17-27(33)19-35(51)39-45-21-31(47-39)25-13-9-23(10-14-25)7-8-24-11-15-26(16-12-24)32-22-46-40(48-32)36-20-28-18-34(28)52(36)42(56)38(54)30(6-2)50-44(58)60-4/h9-16,21-22,27-30,33-36H,5-6,17-20H2,1-4H3,(H,45,47)(H,46,48)(H,49,57)(H,50,58)/t27-,28-,29-,30+,33-,34-,35+,36-/m1/s1. The normalized spacial score (nSPS) is 22.9. The number of methoxy groups -OCH3 is 2. The van der Waals surface area contributed by atoms with E-state index in [1.165, 1.54) is 14.2 Å². The number of alkyl carbamates (subject to hydrolysis) is 2. The van der Waals surface area contributed by atoms with E-state index in [-0.39, 0.29) is 37.0 Å². The smallest absolute Gasteiger partial charge is 0.407 e. The second kappa shape index (κ2) is 16.5. The van der Waals surface area contributed by atoms with Gasteiger partial charge in [0, 0.05) is 23.2 Å². The second-order valence-corrected chi connectivity index (χ2v) is 15.7. The zero-order valence-corrected chi connectivity index (χ0v) is 33.7. The Hall–Kier alpha value is -6.76. The number of ketones is 2. The Morgan fingerprint density at radius 1 is 0.650 bits per heavy atom. The molecule has 2 saturated heterocycles. The third-order valence-electron chi connectivity index (χ3n) is 12.1. The molecule has 4 aromatic rings. The van der Waals surface area contributed by atoms with Crippen LogP contribution in [0.4, 0.5) is 9.59 Å². The lowest BCUT2D eigenvalue weighted by atomic mass is 10.1. The number of hydrogen-bond acceptors (Lipinski definition) is 10. The molecule has 2 aromatic heterocycles. The number of fused-ring (bicyclic) bond motifs is 2. The Balaban J connectivity index is 0.890. The summed E-state index contributed by atoms with van der Waals surface area (Å²) in [6.07, 6.45) is 5.57. The van der Waals surface area contributed by atoms with Crippen LogP contribution in [0.1, 0.15) is 87.2 Å². The summed E-state index contributed by atoms with van der Waals surface area (Å²) in [4.78, 5) is 95.9. The SMILES string of the molecule is CC[C@H](NC(=O)OC)C(=O)C(=O)N1[C@@H](c2ncc(-c3ccc(C#Cc4ccc(-c5cnc([C@@H]6C[C@H]7C[C@H]7N6C(=O)C(=O)[C@@H](CC)NC(=O)OC)[nH]5)cc4)cc3)[nH]2)C[C@H]2C[C@H]21. The van der Waals surface area contributed by atoms with E-state index >= 15 is 0 Å². The number of Topliss-reactive ketones (excluding diaryl/α,β-unsaturated/α-hetero) is 2. The Labute approximate surface area is 346 Å². The monoisotopic (exact) mass is 814 g/mol. The summed E-state index contributed by atoms with van der Waals surface area (Å²) in [6.45, 7) is 3.45. The number of hydrogen-bond donors (Lipinski definition) is 4. The predicted molar refractivity (Wildman–Crippen MR) is 215 cm³/mol. The van der Waals surface area contributed by atoms with Crippen LogP contribution in [0, 0.1) is 23.7 Å². The molecule has 4 heterocycles. The summed E-state index contributed by atoms with van der Waals surface area (Å²) < 4.78 is 9.26. The van der Waals surface area contributed by atoms with E-state index in [4.69, 9.17) is 0 Å². The van der Waals surface area contributed by atoms with Crippen molar-refractivity contribution in [1.82, 2.24) is 40.4 Å². The highest BCUT2D eigenvalue weighted by Gasteiger charge is 2.57. The number of likely N-dealkylation sites (tertiary alicyclic amines) is 2. The minimum absolute atomic E-state index is 0.0150. The highest BCUT2D eigenvalue weighted by atomic mass is 16.5. The summed E-state index contributed by atoms with van der Waals surface area (Å²) >= 11 is 0. The number of amides is 4. The van der Waals surface area contributed by atoms with Crippen LogP contribution in [0.15, 0.2) is 60.9 Å². The molecule has 4 amide bonds. The number of ether oxygens (including phenoxy) is 2. The molecule has 4 N–H and O–H groups in total. The minimum atomic E-state index is -0.965. The quantitative estimate of drug-likeness (QED) is 0.115. The first-order valence-electron chi connectivity index (χ1n) is 20.3. The Morgan fingerprint density at radius 3 is 1.38 bits per heavy atom. The van der Waals surface area contributed by atoms with Gasteiger partial charge in [0.2, 0.25) is 11.6 Å². The fourth-order valence-corrected chi connectivity index (χ4v) is 8.56. The average molecular weight is 815 g/mol. The highest BCUT2D eigenvalue weighted by Crippen LogP contribution is 2.54. The predicted octanol–water partition coefficient (Wildman–Crippen LogP) is 4.60. The third-order valence-corrected chi connectivity index (χ3v) is 12.1. The van der Waals surface area contributed by atoms with Gasteiger partial charge in [-0.3, -0.25) is 19.2 Å². The minimum Gasteiger partial charge on any atom is -0.453 e. The van der Waals surface area contributed by atoms with E-state index in [1.54, 1.807) is 36.0 Å². The molecular formula is C44H46N8O8. The van der Waals surface area contributed by atoms with Gasteiger partial charge in [-0.2, -0.15) is 0 Å². The van der Waals surface area contributed by atoms with E-state index in [2.05, 4.69) is 51.9 Å². The number of imidazole rings is 2. The second-order valence-electron chi connectivity index (χ2n) is 15.7. The Morgan fingerprint density at radius 2 is 1.03 bits per heavy atom. The van der Waals surface area contributed by atoms with Crippen LogP contribution in [0.5, 0.6) is 0 Å². The van der Waals surface area contributed by atoms with Crippen molar-refractivity contribution in [1.29, 1.82) is 0 Å². The van der Waals surface area contributed by atoms with E-state index in [1.807, 2.05) is 48.5 Å². The van der Waals surface area contributed by atoms with Gasteiger partial charge in [-0.15, -0.1) is 0 Å². The van der Waals surface area contributed by atoms with Gasteiger partial charge < -0.3 is 39.9 Å². The van der Waals surface area contributed by atoms with Crippen molar-refractivity contribution in [3.05, 3.63) is 83.7 Å². The molecular weight excluding hydrogens is 769 g/mol. The molecule has 0 radical (unpaired) electrons. The molecule has 16 nitrogen and oxygen atoms in total. The molecule has 2 aromatic carbocycles.